The first-order valence-electron chi connectivity index (χ1n) is 19.3. The van der Waals surface area contributed by atoms with Gasteiger partial charge in [-0.05, 0) is 20.8 Å². The average molecular weight is 813 g/mol. The van der Waals surface area contributed by atoms with E-state index in [4.69, 9.17) is 66.3 Å². The third-order valence-electron chi connectivity index (χ3n) is 6.74. The Hall–Kier alpha value is -2.37. The van der Waals surface area contributed by atoms with E-state index in [1.54, 1.807) is 0 Å². The van der Waals surface area contributed by atoms with Crippen LogP contribution in [0.1, 0.15) is 20.8 Å². The fourth-order valence-electron chi connectivity index (χ4n) is 4.09. The van der Waals surface area contributed by atoms with Crippen molar-refractivity contribution < 1.29 is 80.7 Å². The van der Waals surface area contributed by atoms with Gasteiger partial charge in [0.25, 0.3) is 11.8 Å². The van der Waals surface area contributed by atoms with E-state index in [9.17, 15) is 14.4 Å². The fraction of sp³-hybridized carbons (Fsp3) is 0.865. The van der Waals surface area contributed by atoms with E-state index in [1.165, 1.54) is 12.2 Å². The van der Waals surface area contributed by atoms with Gasteiger partial charge in [0.1, 0.15) is 5.60 Å². The molecule has 0 unspecified atom stereocenters. The van der Waals surface area contributed by atoms with Crippen molar-refractivity contribution >= 4 is 17.9 Å². The molecule has 1 rings (SSSR count). The predicted octanol–water partition coefficient (Wildman–Crippen LogP) is 0.652. The second kappa shape index (κ2) is 38.2. The number of ether oxygens (including phenoxy) is 14. The van der Waals surface area contributed by atoms with Crippen molar-refractivity contribution in [1.82, 2.24) is 10.2 Å². The summed E-state index contributed by atoms with van der Waals surface area (Å²) >= 11 is 0. The van der Waals surface area contributed by atoms with Crippen molar-refractivity contribution in [2.75, 3.05) is 185 Å². The maximum Gasteiger partial charge on any atom is 0.407 e. The zero-order valence-corrected chi connectivity index (χ0v) is 33.8. The summed E-state index contributed by atoms with van der Waals surface area (Å²) in [7, 11) is 0. The Kier molecular flexibility index (Phi) is 35.2. The zero-order valence-electron chi connectivity index (χ0n) is 33.8. The molecular weight excluding hydrogens is 744 g/mol. The van der Waals surface area contributed by atoms with Gasteiger partial charge < -0.3 is 71.6 Å². The molecule has 0 radical (unpaired) electrons. The Balaban J connectivity index is 1.62. The van der Waals surface area contributed by atoms with Gasteiger partial charge >= 0.3 is 6.09 Å². The van der Waals surface area contributed by atoms with E-state index >= 15 is 0 Å². The number of rotatable bonds is 42. The number of hydrogen-bond acceptors (Lipinski definition) is 17. The molecule has 0 aromatic carbocycles. The SMILES string of the molecule is CC(C)(C)OC(=O)NCCOCCOCCOCCOCCOCCOCCOCCOCCOCCOCCOCCOCCOCCN1C(=O)C=CC1=O. The van der Waals surface area contributed by atoms with Crippen LogP contribution in [-0.4, -0.2) is 213 Å². The number of hydrogen-bond donors (Lipinski definition) is 1. The molecule has 0 fully saturated rings. The Labute approximate surface area is 332 Å². The van der Waals surface area contributed by atoms with E-state index in [-0.39, 0.29) is 25.0 Å². The zero-order chi connectivity index (χ0) is 40.6. The van der Waals surface area contributed by atoms with Gasteiger partial charge in [0.15, 0.2) is 0 Å². The molecule has 328 valence electrons. The molecule has 1 heterocycles. The van der Waals surface area contributed by atoms with Gasteiger partial charge in [-0.25, -0.2) is 4.79 Å². The van der Waals surface area contributed by atoms with Crippen LogP contribution < -0.4 is 5.32 Å². The van der Waals surface area contributed by atoms with Crippen molar-refractivity contribution in [1.29, 1.82) is 0 Å². The largest absolute Gasteiger partial charge is 0.444 e. The second-order valence-electron chi connectivity index (χ2n) is 12.6. The first kappa shape index (κ1) is 51.6. The van der Waals surface area contributed by atoms with Crippen molar-refractivity contribution in [3.63, 3.8) is 0 Å². The van der Waals surface area contributed by atoms with Gasteiger partial charge in [-0.1, -0.05) is 0 Å². The Morgan fingerprint density at radius 2 is 0.661 bits per heavy atom. The monoisotopic (exact) mass is 812 g/mol. The van der Waals surface area contributed by atoms with Gasteiger partial charge in [-0.2, -0.15) is 0 Å². The highest BCUT2D eigenvalue weighted by Gasteiger charge is 2.22. The molecule has 0 saturated heterocycles. The van der Waals surface area contributed by atoms with Gasteiger partial charge in [0.05, 0.1) is 178 Å². The Morgan fingerprint density at radius 1 is 0.429 bits per heavy atom. The van der Waals surface area contributed by atoms with Crippen LogP contribution in [0.2, 0.25) is 0 Å². The summed E-state index contributed by atoms with van der Waals surface area (Å²) in [6.45, 7) is 17.8. The summed E-state index contributed by atoms with van der Waals surface area (Å²) in [6, 6.07) is 0. The summed E-state index contributed by atoms with van der Waals surface area (Å²) in [4.78, 5) is 35.5. The number of amides is 3. The van der Waals surface area contributed by atoms with E-state index in [0.29, 0.717) is 172 Å². The molecule has 0 aromatic heterocycles. The molecule has 0 saturated carbocycles. The smallest absolute Gasteiger partial charge is 0.407 e. The maximum absolute atomic E-state index is 11.5. The van der Waals surface area contributed by atoms with Crippen LogP contribution in [0.3, 0.4) is 0 Å². The number of carbonyl (C=O) groups excluding carboxylic acids is 3. The van der Waals surface area contributed by atoms with E-state index in [1.807, 2.05) is 20.8 Å². The summed E-state index contributed by atoms with van der Waals surface area (Å²) in [5, 5.41) is 2.63. The molecule has 1 aliphatic heterocycles. The molecule has 3 amide bonds. The highest BCUT2D eigenvalue weighted by Crippen LogP contribution is 2.06. The number of nitrogens with one attached hydrogen (secondary N) is 1. The molecule has 1 N–H and O–H groups in total. The van der Waals surface area contributed by atoms with E-state index in [0.717, 1.165) is 4.90 Å². The molecule has 19 nitrogen and oxygen atoms in total. The number of carbonyl (C=O) groups is 3. The standard InChI is InChI=1S/C37H68N2O17/c1-37(2,3)56-36(42)38-6-8-43-10-12-45-14-16-47-18-20-49-22-24-51-26-28-53-30-32-55-33-31-54-29-27-52-25-23-50-21-19-48-17-15-46-13-11-44-9-7-39-34(40)4-5-35(39)41/h4-5H,6-33H2,1-3H3,(H,38,42). The van der Waals surface area contributed by atoms with Gasteiger partial charge in [0.2, 0.25) is 0 Å². The molecule has 19 heteroatoms. The van der Waals surface area contributed by atoms with Gasteiger partial charge in [0, 0.05) is 18.7 Å². The minimum absolute atomic E-state index is 0.234. The van der Waals surface area contributed by atoms with Crippen molar-refractivity contribution in [2.24, 2.45) is 0 Å². The third-order valence-corrected chi connectivity index (χ3v) is 6.74. The first-order chi connectivity index (χ1) is 27.3. The molecule has 56 heavy (non-hydrogen) atoms. The predicted molar refractivity (Wildman–Crippen MR) is 201 cm³/mol. The van der Waals surface area contributed by atoms with Crippen LogP contribution in [0.25, 0.3) is 0 Å². The van der Waals surface area contributed by atoms with Crippen LogP contribution in [0.15, 0.2) is 12.2 Å². The van der Waals surface area contributed by atoms with Crippen molar-refractivity contribution in [2.45, 2.75) is 26.4 Å². The number of nitrogens with zero attached hydrogens (tertiary/aromatic N) is 1. The average Bonchev–Trinajstić information content (AvgIpc) is 3.48. The van der Waals surface area contributed by atoms with E-state index in [2.05, 4.69) is 5.32 Å². The van der Waals surface area contributed by atoms with Gasteiger partial charge in [-0.3, -0.25) is 14.5 Å². The highest BCUT2D eigenvalue weighted by molar-refractivity contribution is 6.12. The molecule has 1 aliphatic rings. The van der Waals surface area contributed by atoms with Crippen LogP contribution in [0.4, 0.5) is 4.79 Å². The van der Waals surface area contributed by atoms with Crippen LogP contribution >= 0.6 is 0 Å². The second-order valence-corrected chi connectivity index (χ2v) is 12.6. The van der Waals surface area contributed by atoms with Gasteiger partial charge in [-0.15, -0.1) is 0 Å². The minimum atomic E-state index is -0.518. The van der Waals surface area contributed by atoms with E-state index < -0.39 is 11.7 Å². The summed E-state index contributed by atoms with van der Waals surface area (Å²) in [6.07, 6.45) is 2.05. The highest BCUT2D eigenvalue weighted by atomic mass is 16.6. The molecule has 0 aromatic rings. The van der Waals surface area contributed by atoms with Crippen LogP contribution in [-0.2, 0) is 75.9 Å². The number of alkyl carbamates (subject to hydrolysis) is 1. The Bertz CT molecular complexity index is 952. The van der Waals surface area contributed by atoms with Crippen molar-refractivity contribution in [3.8, 4) is 0 Å². The molecular formula is C37H68N2O17. The topological polar surface area (TPSA) is 196 Å². The lowest BCUT2D eigenvalue weighted by atomic mass is 10.2. The normalized spacial score (nSPS) is 13.0. The lowest BCUT2D eigenvalue weighted by molar-refractivity contribution is -0.137. The summed E-state index contributed by atoms with van der Waals surface area (Å²) < 4.78 is 76.0. The quantitative estimate of drug-likeness (QED) is 0.0666. The summed E-state index contributed by atoms with van der Waals surface area (Å²) in [5.41, 5.74) is -0.518. The fourth-order valence-corrected chi connectivity index (χ4v) is 4.09. The lowest BCUT2D eigenvalue weighted by Gasteiger charge is -2.19. The first-order valence-corrected chi connectivity index (χ1v) is 19.3. The third kappa shape index (κ3) is 36.0. The van der Waals surface area contributed by atoms with Crippen LogP contribution in [0.5, 0.6) is 0 Å². The van der Waals surface area contributed by atoms with Crippen molar-refractivity contribution in [3.05, 3.63) is 12.2 Å². The summed E-state index contributed by atoms with van der Waals surface area (Å²) in [5.74, 6) is -0.622. The Morgan fingerprint density at radius 3 is 0.911 bits per heavy atom. The lowest BCUT2D eigenvalue weighted by Crippen LogP contribution is -2.34. The molecule has 0 bridgehead atoms. The minimum Gasteiger partial charge on any atom is -0.444 e. The van der Waals surface area contributed by atoms with Crippen LogP contribution in [0, 0.1) is 0 Å². The molecule has 0 aliphatic carbocycles. The molecule has 0 spiro atoms. The maximum atomic E-state index is 11.5. The number of imide groups is 1. The molecule has 0 atom stereocenters.